The van der Waals surface area contributed by atoms with Gasteiger partial charge in [0.2, 0.25) is 5.88 Å². The molecule has 0 amide bonds. The number of hydrogen-bond acceptors (Lipinski definition) is 5. The number of ether oxygens (including phenoxy) is 1. The summed E-state index contributed by atoms with van der Waals surface area (Å²) < 4.78 is 5.17. The SMILES string of the molecule is CCNc1cc(C(C)(C)C)nc(-c2cccc(OC)n2)n1. The molecule has 0 aliphatic heterocycles. The van der Waals surface area contributed by atoms with Crippen molar-refractivity contribution in [2.45, 2.75) is 33.1 Å². The fourth-order valence-electron chi connectivity index (χ4n) is 1.87. The molecule has 0 saturated heterocycles. The number of pyridine rings is 1. The van der Waals surface area contributed by atoms with E-state index in [2.05, 4.69) is 41.0 Å². The van der Waals surface area contributed by atoms with E-state index in [0.717, 1.165) is 18.1 Å². The van der Waals surface area contributed by atoms with Gasteiger partial charge in [-0.3, -0.25) is 0 Å². The monoisotopic (exact) mass is 286 g/mol. The second-order valence-corrected chi connectivity index (χ2v) is 5.81. The Bertz CT molecular complexity index is 620. The Labute approximate surface area is 125 Å². The second kappa shape index (κ2) is 6.08. The van der Waals surface area contributed by atoms with Crippen LogP contribution in [0.1, 0.15) is 33.4 Å². The Morgan fingerprint density at radius 1 is 1.14 bits per heavy atom. The first-order chi connectivity index (χ1) is 9.94. The van der Waals surface area contributed by atoms with Crippen LogP contribution in [0.4, 0.5) is 5.82 Å². The molecule has 0 radical (unpaired) electrons. The van der Waals surface area contributed by atoms with Crippen LogP contribution < -0.4 is 10.1 Å². The van der Waals surface area contributed by atoms with Gasteiger partial charge in [0.25, 0.3) is 0 Å². The van der Waals surface area contributed by atoms with Gasteiger partial charge in [-0.2, -0.15) is 0 Å². The Morgan fingerprint density at radius 3 is 2.52 bits per heavy atom. The topological polar surface area (TPSA) is 59.9 Å². The number of nitrogens with one attached hydrogen (secondary N) is 1. The largest absolute Gasteiger partial charge is 0.481 e. The molecule has 112 valence electrons. The highest BCUT2D eigenvalue weighted by Crippen LogP contribution is 2.25. The van der Waals surface area contributed by atoms with E-state index in [-0.39, 0.29) is 5.41 Å². The van der Waals surface area contributed by atoms with Crippen LogP contribution in [0.5, 0.6) is 5.88 Å². The summed E-state index contributed by atoms with van der Waals surface area (Å²) in [7, 11) is 1.60. The predicted octanol–water partition coefficient (Wildman–Crippen LogP) is 3.28. The lowest BCUT2D eigenvalue weighted by molar-refractivity contribution is 0.398. The number of aromatic nitrogens is 3. The zero-order chi connectivity index (χ0) is 15.5. The fraction of sp³-hybridized carbons (Fsp3) is 0.438. The van der Waals surface area contributed by atoms with Gasteiger partial charge >= 0.3 is 0 Å². The van der Waals surface area contributed by atoms with Gasteiger partial charge in [0, 0.05) is 24.1 Å². The molecular weight excluding hydrogens is 264 g/mol. The maximum atomic E-state index is 5.17. The van der Waals surface area contributed by atoms with E-state index in [4.69, 9.17) is 4.74 Å². The van der Waals surface area contributed by atoms with Crippen LogP contribution in [0.3, 0.4) is 0 Å². The van der Waals surface area contributed by atoms with Gasteiger partial charge in [0.05, 0.1) is 12.8 Å². The summed E-state index contributed by atoms with van der Waals surface area (Å²) in [5, 5.41) is 3.25. The first kappa shape index (κ1) is 15.2. The quantitative estimate of drug-likeness (QED) is 0.934. The van der Waals surface area contributed by atoms with E-state index >= 15 is 0 Å². The lowest BCUT2D eigenvalue weighted by atomic mass is 9.92. The standard InChI is InChI=1S/C16H22N4O/c1-6-17-13-10-12(16(2,3)4)19-15(20-13)11-8-7-9-14(18-11)21-5/h7-10H,6H2,1-5H3,(H,17,19,20). The minimum atomic E-state index is -0.0548. The van der Waals surface area contributed by atoms with Crippen LogP contribution in [0, 0.1) is 0 Å². The van der Waals surface area contributed by atoms with E-state index < -0.39 is 0 Å². The molecule has 5 heteroatoms. The van der Waals surface area contributed by atoms with Crippen LogP contribution in [0.2, 0.25) is 0 Å². The normalized spacial score (nSPS) is 11.3. The minimum Gasteiger partial charge on any atom is -0.481 e. The first-order valence-corrected chi connectivity index (χ1v) is 7.09. The second-order valence-electron chi connectivity index (χ2n) is 5.81. The van der Waals surface area contributed by atoms with E-state index in [1.807, 2.05) is 31.2 Å². The summed E-state index contributed by atoms with van der Waals surface area (Å²) in [4.78, 5) is 13.6. The van der Waals surface area contributed by atoms with Crippen molar-refractivity contribution >= 4 is 5.82 Å². The van der Waals surface area contributed by atoms with Gasteiger partial charge in [-0.05, 0) is 13.0 Å². The summed E-state index contributed by atoms with van der Waals surface area (Å²) >= 11 is 0. The van der Waals surface area contributed by atoms with Gasteiger partial charge in [-0.1, -0.05) is 26.8 Å². The van der Waals surface area contributed by atoms with Crippen molar-refractivity contribution in [1.82, 2.24) is 15.0 Å². The van der Waals surface area contributed by atoms with Crippen molar-refractivity contribution < 1.29 is 4.74 Å². The van der Waals surface area contributed by atoms with Crippen molar-refractivity contribution in [3.05, 3.63) is 30.0 Å². The molecule has 2 rings (SSSR count). The van der Waals surface area contributed by atoms with Crippen LogP contribution in [-0.4, -0.2) is 28.6 Å². The summed E-state index contributed by atoms with van der Waals surface area (Å²) in [6.45, 7) is 9.25. The molecule has 21 heavy (non-hydrogen) atoms. The van der Waals surface area contributed by atoms with Gasteiger partial charge in [0.15, 0.2) is 5.82 Å². The third kappa shape index (κ3) is 3.68. The maximum Gasteiger partial charge on any atom is 0.213 e. The molecule has 1 N–H and O–H groups in total. The molecule has 0 fully saturated rings. The molecule has 0 bridgehead atoms. The Morgan fingerprint density at radius 2 is 1.90 bits per heavy atom. The highest BCUT2D eigenvalue weighted by atomic mass is 16.5. The van der Waals surface area contributed by atoms with Crippen LogP contribution in [0.25, 0.3) is 11.5 Å². The van der Waals surface area contributed by atoms with E-state index in [1.54, 1.807) is 7.11 Å². The van der Waals surface area contributed by atoms with Crippen molar-refractivity contribution in [3.63, 3.8) is 0 Å². The van der Waals surface area contributed by atoms with E-state index in [0.29, 0.717) is 17.4 Å². The molecule has 2 aromatic heterocycles. The third-order valence-electron chi connectivity index (χ3n) is 3.01. The molecule has 0 aliphatic carbocycles. The third-order valence-corrected chi connectivity index (χ3v) is 3.01. The Hall–Kier alpha value is -2.17. The van der Waals surface area contributed by atoms with E-state index in [1.165, 1.54) is 0 Å². The molecular formula is C16H22N4O. The lowest BCUT2D eigenvalue weighted by Gasteiger charge is -2.19. The number of hydrogen-bond donors (Lipinski definition) is 1. The molecule has 5 nitrogen and oxygen atoms in total. The van der Waals surface area contributed by atoms with Gasteiger partial charge in [-0.25, -0.2) is 15.0 Å². The molecule has 0 atom stereocenters. The lowest BCUT2D eigenvalue weighted by Crippen LogP contribution is -2.16. The average molecular weight is 286 g/mol. The zero-order valence-corrected chi connectivity index (χ0v) is 13.3. The number of rotatable bonds is 4. The summed E-state index contributed by atoms with van der Waals surface area (Å²) in [6, 6.07) is 7.58. The number of methoxy groups -OCH3 is 1. The van der Waals surface area contributed by atoms with Crippen LogP contribution >= 0.6 is 0 Å². The van der Waals surface area contributed by atoms with Crippen molar-refractivity contribution in [2.75, 3.05) is 19.0 Å². The summed E-state index contributed by atoms with van der Waals surface area (Å²) in [5.41, 5.74) is 1.63. The summed E-state index contributed by atoms with van der Waals surface area (Å²) in [6.07, 6.45) is 0. The van der Waals surface area contributed by atoms with Gasteiger partial charge in [-0.15, -0.1) is 0 Å². The fourth-order valence-corrected chi connectivity index (χ4v) is 1.87. The number of nitrogens with zero attached hydrogens (tertiary/aromatic N) is 3. The molecule has 0 aromatic carbocycles. The van der Waals surface area contributed by atoms with Gasteiger partial charge in [0.1, 0.15) is 11.5 Å². The zero-order valence-electron chi connectivity index (χ0n) is 13.3. The van der Waals surface area contributed by atoms with Crippen LogP contribution in [0.15, 0.2) is 24.3 Å². The van der Waals surface area contributed by atoms with Crippen molar-refractivity contribution in [1.29, 1.82) is 0 Å². The highest BCUT2D eigenvalue weighted by Gasteiger charge is 2.19. The molecule has 0 spiro atoms. The maximum absolute atomic E-state index is 5.17. The molecule has 2 heterocycles. The van der Waals surface area contributed by atoms with Crippen molar-refractivity contribution in [2.24, 2.45) is 0 Å². The molecule has 2 aromatic rings. The smallest absolute Gasteiger partial charge is 0.213 e. The van der Waals surface area contributed by atoms with Gasteiger partial charge < -0.3 is 10.1 Å². The summed E-state index contributed by atoms with van der Waals surface area (Å²) in [5.74, 6) is 1.98. The Balaban J connectivity index is 2.53. The average Bonchev–Trinajstić information content (AvgIpc) is 2.46. The highest BCUT2D eigenvalue weighted by molar-refractivity contribution is 5.54. The molecule has 0 saturated carbocycles. The predicted molar refractivity (Wildman–Crippen MR) is 84.7 cm³/mol. The molecule has 0 aliphatic rings. The number of anilines is 1. The van der Waals surface area contributed by atoms with Crippen molar-refractivity contribution in [3.8, 4) is 17.4 Å². The van der Waals surface area contributed by atoms with E-state index in [9.17, 15) is 0 Å². The first-order valence-electron chi connectivity index (χ1n) is 7.09. The minimum absolute atomic E-state index is 0.0548. The molecule has 0 unspecified atom stereocenters. The van der Waals surface area contributed by atoms with Crippen LogP contribution in [-0.2, 0) is 5.41 Å². The Kier molecular flexibility index (Phi) is 4.40.